The molecular formula is C56H60N4O6. The molecule has 4 aliphatic rings. The third-order valence-electron chi connectivity index (χ3n) is 13.7. The van der Waals surface area contributed by atoms with Gasteiger partial charge in [-0.1, -0.05) is 48.5 Å². The molecule has 4 heterocycles. The Morgan fingerprint density at radius 2 is 1.03 bits per heavy atom. The van der Waals surface area contributed by atoms with Crippen molar-refractivity contribution in [2.24, 2.45) is 11.8 Å². The highest BCUT2D eigenvalue weighted by atomic mass is 16.5. The lowest BCUT2D eigenvalue weighted by Crippen LogP contribution is -2.30. The van der Waals surface area contributed by atoms with Gasteiger partial charge in [-0.2, -0.15) is 0 Å². The SMILES string of the molecule is Cc1cc(OCC2CC2)ccc1-c1ccc2c(c1)CCN[C@@H]2CCc1cnccc1C(=O)O.Cc1cc(OCC2CC2)ccc1-c1ccc2c(c1)CCN[C@H]2CCc1cnccc1C(=O)O. The maximum atomic E-state index is 11.5. The summed E-state index contributed by atoms with van der Waals surface area (Å²) in [5.74, 6) is 1.63. The number of carboxylic acid groups (broad SMARTS) is 2. The Balaban J connectivity index is 0.000000166. The number of carboxylic acids is 2. The minimum Gasteiger partial charge on any atom is -0.493 e. The van der Waals surface area contributed by atoms with E-state index in [-0.39, 0.29) is 12.1 Å². The van der Waals surface area contributed by atoms with Gasteiger partial charge in [0, 0.05) is 36.9 Å². The minimum absolute atomic E-state index is 0.212. The summed E-state index contributed by atoms with van der Waals surface area (Å²) < 4.78 is 11.9. The molecule has 0 bridgehead atoms. The van der Waals surface area contributed by atoms with Gasteiger partial charge in [0.1, 0.15) is 11.5 Å². The Hall–Kier alpha value is -6.36. The molecule has 340 valence electrons. The fraction of sp³-hybridized carbons (Fsp3) is 0.357. The van der Waals surface area contributed by atoms with Crippen LogP contribution in [0.15, 0.2) is 110 Å². The second-order valence-electron chi connectivity index (χ2n) is 18.6. The molecule has 2 saturated carbocycles. The first-order valence-corrected chi connectivity index (χ1v) is 23.7. The number of rotatable bonds is 16. The van der Waals surface area contributed by atoms with Crippen LogP contribution >= 0.6 is 0 Å². The van der Waals surface area contributed by atoms with Crippen molar-refractivity contribution < 1.29 is 29.3 Å². The third kappa shape index (κ3) is 11.0. The molecule has 0 amide bonds. The van der Waals surface area contributed by atoms with Crippen LogP contribution in [0.2, 0.25) is 0 Å². The van der Waals surface area contributed by atoms with Crippen molar-refractivity contribution in [1.29, 1.82) is 0 Å². The highest BCUT2D eigenvalue weighted by molar-refractivity contribution is 5.89. The summed E-state index contributed by atoms with van der Waals surface area (Å²) in [7, 11) is 0. The molecule has 10 heteroatoms. The Bertz CT molecular complexity index is 2520. The first-order valence-electron chi connectivity index (χ1n) is 23.7. The topological polar surface area (TPSA) is 143 Å². The quantitative estimate of drug-likeness (QED) is 0.0742. The Morgan fingerprint density at radius 1 is 0.591 bits per heavy atom. The van der Waals surface area contributed by atoms with Crippen LogP contribution in [0.3, 0.4) is 0 Å². The van der Waals surface area contributed by atoms with Gasteiger partial charge < -0.3 is 30.3 Å². The number of aryl methyl sites for hydroxylation is 4. The van der Waals surface area contributed by atoms with Crippen LogP contribution in [-0.4, -0.2) is 58.4 Å². The molecule has 4 aromatic carbocycles. The lowest BCUT2D eigenvalue weighted by atomic mass is 9.87. The number of carbonyl (C=O) groups is 2. The largest absolute Gasteiger partial charge is 0.493 e. The predicted octanol–water partition coefficient (Wildman–Crippen LogP) is 10.7. The molecule has 2 aliphatic heterocycles. The van der Waals surface area contributed by atoms with Crippen molar-refractivity contribution >= 4 is 11.9 Å². The van der Waals surface area contributed by atoms with Crippen molar-refractivity contribution in [3.63, 3.8) is 0 Å². The first-order chi connectivity index (χ1) is 32.2. The van der Waals surface area contributed by atoms with Crippen LogP contribution in [0.4, 0.5) is 0 Å². The second kappa shape index (κ2) is 20.4. The van der Waals surface area contributed by atoms with Crippen molar-refractivity contribution in [3.05, 3.63) is 165 Å². The smallest absolute Gasteiger partial charge is 0.336 e. The van der Waals surface area contributed by atoms with Gasteiger partial charge in [-0.05, 0) is 206 Å². The van der Waals surface area contributed by atoms with Crippen LogP contribution in [0.1, 0.15) is 116 Å². The van der Waals surface area contributed by atoms with Gasteiger partial charge in [0.2, 0.25) is 0 Å². The monoisotopic (exact) mass is 884 g/mol. The molecule has 2 atom stereocenters. The number of benzene rings is 4. The van der Waals surface area contributed by atoms with Gasteiger partial charge in [0.25, 0.3) is 0 Å². The number of hydrogen-bond acceptors (Lipinski definition) is 8. The van der Waals surface area contributed by atoms with Crippen LogP contribution < -0.4 is 20.1 Å². The predicted molar refractivity (Wildman–Crippen MR) is 258 cm³/mol. The zero-order chi connectivity index (χ0) is 45.6. The standard InChI is InChI=1S/2C28H30N2O3/c2*1-18-14-23(33-17-19-2-3-19)6-8-24(18)20-4-7-25-21(15-20)10-13-30-27(25)9-5-22-16-29-12-11-26(22)28(31)32/h2*4,6-8,11-12,14-16,19,27,30H,2-3,5,9-10,13,17H2,1H3,(H,31,32)/t2*27-/m10/s1. The van der Waals surface area contributed by atoms with Crippen molar-refractivity contribution in [1.82, 2.24) is 20.6 Å². The molecule has 2 aromatic heterocycles. The van der Waals surface area contributed by atoms with E-state index in [9.17, 15) is 19.8 Å². The van der Waals surface area contributed by atoms with Gasteiger partial charge in [0.15, 0.2) is 0 Å². The van der Waals surface area contributed by atoms with Crippen LogP contribution in [-0.2, 0) is 25.7 Å². The summed E-state index contributed by atoms with van der Waals surface area (Å²) in [6.07, 6.45) is 16.6. The fourth-order valence-electron chi connectivity index (χ4n) is 9.52. The summed E-state index contributed by atoms with van der Waals surface area (Å²) in [6, 6.07) is 29.9. The minimum atomic E-state index is -0.895. The lowest BCUT2D eigenvalue weighted by Gasteiger charge is -2.28. The molecule has 10 rings (SSSR count). The Morgan fingerprint density at radius 3 is 1.42 bits per heavy atom. The summed E-state index contributed by atoms with van der Waals surface area (Å²) in [4.78, 5) is 31.3. The van der Waals surface area contributed by atoms with Crippen LogP contribution in [0, 0.1) is 25.7 Å². The molecule has 66 heavy (non-hydrogen) atoms. The maximum Gasteiger partial charge on any atom is 0.336 e. The summed E-state index contributed by atoms with van der Waals surface area (Å²) in [5, 5.41) is 26.1. The van der Waals surface area contributed by atoms with E-state index < -0.39 is 11.9 Å². The number of fused-ring (bicyclic) bond motifs is 2. The number of aromatic carboxylic acids is 2. The van der Waals surface area contributed by atoms with E-state index in [1.165, 1.54) is 93.7 Å². The number of nitrogens with one attached hydrogen (secondary N) is 2. The number of pyridine rings is 2. The molecule has 4 N–H and O–H groups in total. The van der Waals surface area contributed by atoms with Crippen molar-refractivity contribution in [2.75, 3.05) is 26.3 Å². The van der Waals surface area contributed by atoms with Gasteiger partial charge in [0.05, 0.1) is 24.3 Å². The molecule has 2 aliphatic carbocycles. The third-order valence-corrected chi connectivity index (χ3v) is 13.7. The van der Waals surface area contributed by atoms with Crippen LogP contribution in [0.25, 0.3) is 22.3 Å². The highest BCUT2D eigenvalue weighted by Crippen LogP contribution is 2.37. The molecule has 0 unspecified atom stereocenters. The van der Waals surface area contributed by atoms with Crippen molar-refractivity contribution in [3.8, 4) is 33.8 Å². The zero-order valence-corrected chi connectivity index (χ0v) is 38.0. The fourth-order valence-corrected chi connectivity index (χ4v) is 9.52. The van der Waals surface area contributed by atoms with E-state index in [2.05, 4.69) is 107 Å². The zero-order valence-electron chi connectivity index (χ0n) is 38.0. The molecule has 0 radical (unpaired) electrons. The maximum absolute atomic E-state index is 11.5. The lowest BCUT2D eigenvalue weighted by molar-refractivity contribution is 0.0684. The summed E-state index contributed by atoms with van der Waals surface area (Å²) in [5.41, 5.74) is 15.0. The number of ether oxygens (including phenoxy) is 2. The Kier molecular flexibility index (Phi) is 13.9. The molecule has 0 spiro atoms. The molecular weight excluding hydrogens is 825 g/mol. The summed E-state index contributed by atoms with van der Waals surface area (Å²) in [6.45, 7) is 7.81. The van der Waals surface area contributed by atoms with Gasteiger partial charge in [-0.3, -0.25) is 9.97 Å². The van der Waals surface area contributed by atoms with E-state index in [1.807, 2.05) is 0 Å². The van der Waals surface area contributed by atoms with Crippen molar-refractivity contribution in [2.45, 2.75) is 90.1 Å². The summed E-state index contributed by atoms with van der Waals surface area (Å²) >= 11 is 0. The van der Waals surface area contributed by atoms with E-state index >= 15 is 0 Å². The molecule has 10 nitrogen and oxygen atoms in total. The normalized spacial score (nSPS) is 17.4. The average Bonchev–Trinajstić information content (AvgIpc) is 4.28. The number of nitrogens with zero attached hydrogens (tertiary/aromatic N) is 2. The molecule has 0 saturated heterocycles. The number of hydrogen-bond donors (Lipinski definition) is 4. The van der Waals surface area contributed by atoms with Gasteiger partial charge >= 0.3 is 11.9 Å². The molecule has 6 aromatic rings. The Labute approximate surface area is 387 Å². The molecule has 2 fully saturated rings. The van der Waals surface area contributed by atoms with E-state index in [0.29, 0.717) is 24.0 Å². The van der Waals surface area contributed by atoms with Gasteiger partial charge in [-0.15, -0.1) is 0 Å². The average molecular weight is 885 g/mol. The second-order valence-corrected chi connectivity index (χ2v) is 18.6. The van der Waals surface area contributed by atoms with E-state index in [1.54, 1.807) is 24.5 Å². The van der Waals surface area contributed by atoms with E-state index in [0.717, 1.165) is 86.4 Å². The number of aromatic nitrogens is 2. The highest BCUT2D eigenvalue weighted by Gasteiger charge is 2.25. The van der Waals surface area contributed by atoms with E-state index in [4.69, 9.17) is 9.47 Å². The van der Waals surface area contributed by atoms with Crippen LogP contribution in [0.5, 0.6) is 11.5 Å². The van der Waals surface area contributed by atoms with Gasteiger partial charge in [-0.25, -0.2) is 9.59 Å². The first kappa shape index (κ1) is 44.8.